The zero-order valence-electron chi connectivity index (χ0n) is 20.9. The fraction of sp³-hybridized carbons (Fsp3) is 0.167. The van der Waals surface area contributed by atoms with Crippen LogP contribution in [-0.4, -0.2) is 17.1 Å². The number of thiazole rings is 1. The molecule has 1 aliphatic rings. The van der Waals surface area contributed by atoms with E-state index < -0.39 is 17.8 Å². The first kappa shape index (κ1) is 25.4. The minimum atomic E-state index is -0.794. The Kier molecular flexibility index (Phi) is 7.33. The highest BCUT2D eigenvalue weighted by atomic mass is 32.1. The molecule has 0 aliphatic carbocycles. The number of hydrogen-bond acceptors (Lipinski definition) is 6. The van der Waals surface area contributed by atoms with Crippen LogP contribution in [0, 0.1) is 5.82 Å². The van der Waals surface area contributed by atoms with Gasteiger partial charge < -0.3 is 9.47 Å². The van der Waals surface area contributed by atoms with Crippen molar-refractivity contribution in [3.63, 3.8) is 0 Å². The molecular weight excluding hydrogens is 503 g/mol. The minimum Gasteiger partial charge on any atom is -0.488 e. The number of allylic oxidation sites excluding steroid dienone is 1. The summed E-state index contributed by atoms with van der Waals surface area (Å²) in [6, 6.07) is 22.3. The van der Waals surface area contributed by atoms with Gasteiger partial charge in [-0.15, -0.1) is 0 Å². The largest absolute Gasteiger partial charge is 0.488 e. The van der Waals surface area contributed by atoms with E-state index in [9.17, 15) is 14.0 Å². The summed E-state index contributed by atoms with van der Waals surface area (Å²) in [5, 5.41) is 0. The Labute approximate surface area is 222 Å². The average molecular weight is 529 g/mol. The summed E-state index contributed by atoms with van der Waals surface area (Å²) in [5.41, 5.74) is 2.76. The lowest BCUT2D eigenvalue weighted by Crippen LogP contribution is -2.39. The van der Waals surface area contributed by atoms with Gasteiger partial charge in [0, 0.05) is 5.56 Å². The maximum absolute atomic E-state index is 13.8. The van der Waals surface area contributed by atoms with Gasteiger partial charge in [0.1, 0.15) is 18.2 Å². The Morgan fingerprint density at radius 2 is 1.76 bits per heavy atom. The Morgan fingerprint density at radius 1 is 1.05 bits per heavy atom. The minimum absolute atomic E-state index is 0.177. The molecule has 38 heavy (non-hydrogen) atoms. The molecule has 1 aromatic heterocycles. The van der Waals surface area contributed by atoms with Crippen molar-refractivity contribution in [2.75, 3.05) is 6.61 Å². The molecule has 6 nitrogen and oxygen atoms in total. The topological polar surface area (TPSA) is 69.9 Å². The Balaban J connectivity index is 1.61. The highest BCUT2D eigenvalue weighted by molar-refractivity contribution is 7.07. The second kappa shape index (κ2) is 11.0. The Hall–Kier alpha value is -4.30. The smallest absolute Gasteiger partial charge is 0.338 e. The van der Waals surface area contributed by atoms with Crippen molar-refractivity contribution in [2.24, 2.45) is 4.99 Å². The molecule has 0 bridgehead atoms. The molecule has 0 fully saturated rings. The highest BCUT2D eigenvalue weighted by Crippen LogP contribution is 2.31. The predicted molar refractivity (Wildman–Crippen MR) is 144 cm³/mol. The molecule has 0 spiro atoms. The molecule has 5 rings (SSSR count). The molecule has 1 unspecified atom stereocenters. The molecule has 0 radical (unpaired) electrons. The van der Waals surface area contributed by atoms with Crippen molar-refractivity contribution in [1.29, 1.82) is 0 Å². The van der Waals surface area contributed by atoms with Gasteiger partial charge in [0.15, 0.2) is 4.80 Å². The van der Waals surface area contributed by atoms with Gasteiger partial charge in [0.05, 0.1) is 28.5 Å². The number of ether oxygens (including phenoxy) is 2. The number of carbonyl (C=O) groups excluding carboxylic acids is 1. The molecule has 2 heterocycles. The SMILES string of the molecule is CCOC(=O)C1=C(C)N=c2s/c(=C/c3ccccc3OCc3ccccc3)c(=O)n2C1c1ccc(F)cc1. The number of benzene rings is 3. The number of rotatable bonds is 7. The van der Waals surface area contributed by atoms with E-state index in [-0.39, 0.29) is 17.7 Å². The van der Waals surface area contributed by atoms with Gasteiger partial charge in [-0.2, -0.15) is 0 Å². The first-order valence-electron chi connectivity index (χ1n) is 12.2. The van der Waals surface area contributed by atoms with Crippen LogP contribution < -0.4 is 19.6 Å². The monoisotopic (exact) mass is 528 g/mol. The summed E-state index contributed by atoms with van der Waals surface area (Å²) in [4.78, 5) is 31.8. The lowest BCUT2D eigenvalue weighted by molar-refractivity contribution is -0.139. The van der Waals surface area contributed by atoms with Crippen LogP contribution in [0.25, 0.3) is 6.08 Å². The van der Waals surface area contributed by atoms with Gasteiger partial charge >= 0.3 is 5.97 Å². The molecule has 4 aromatic rings. The van der Waals surface area contributed by atoms with E-state index in [2.05, 4.69) is 4.99 Å². The number of para-hydroxylation sites is 1. The van der Waals surface area contributed by atoms with Gasteiger partial charge in [0.2, 0.25) is 0 Å². The molecule has 0 N–H and O–H groups in total. The van der Waals surface area contributed by atoms with Crippen LogP contribution in [0.1, 0.15) is 36.6 Å². The molecule has 8 heteroatoms. The molecular formula is C30H25FN2O4S. The molecule has 0 amide bonds. The fourth-order valence-corrected chi connectivity index (χ4v) is 5.40. The first-order valence-corrected chi connectivity index (χ1v) is 13.0. The van der Waals surface area contributed by atoms with Crippen LogP contribution in [0.15, 0.2) is 99.9 Å². The molecule has 0 saturated carbocycles. The summed E-state index contributed by atoms with van der Waals surface area (Å²) in [6.07, 6.45) is 1.77. The van der Waals surface area contributed by atoms with E-state index in [4.69, 9.17) is 9.47 Å². The van der Waals surface area contributed by atoms with Gasteiger partial charge in [0.25, 0.3) is 5.56 Å². The van der Waals surface area contributed by atoms with Crippen molar-refractivity contribution in [3.05, 3.63) is 132 Å². The molecule has 1 atom stereocenters. The number of halogens is 1. The summed E-state index contributed by atoms with van der Waals surface area (Å²) < 4.78 is 27.0. The molecule has 3 aromatic carbocycles. The molecule has 192 valence electrons. The third kappa shape index (κ3) is 5.08. The number of carbonyl (C=O) groups is 1. The number of hydrogen-bond donors (Lipinski definition) is 0. The van der Waals surface area contributed by atoms with Gasteiger partial charge in [-0.25, -0.2) is 14.2 Å². The summed E-state index contributed by atoms with van der Waals surface area (Å²) >= 11 is 1.22. The maximum atomic E-state index is 13.8. The normalized spacial score (nSPS) is 15.1. The van der Waals surface area contributed by atoms with Gasteiger partial charge in [-0.3, -0.25) is 9.36 Å². The van der Waals surface area contributed by atoms with E-state index in [1.807, 2.05) is 54.6 Å². The van der Waals surface area contributed by atoms with Crippen LogP contribution >= 0.6 is 11.3 Å². The van der Waals surface area contributed by atoms with Crippen molar-refractivity contribution >= 4 is 23.4 Å². The summed E-state index contributed by atoms with van der Waals surface area (Å²) in [5.74, 6) is -0.329. The third-order valence-corrected chi connectivity index (χ3v) is 7.13. The van der Waals surface area contributed by atoms with E-state index >= 15 is 0 Å². The fourth-order valence-electron chi connectivity index (χ4n) is 4.36. The van der Waals surface area contributed by atoms with E-state index in [1.165, 1.54) is 28.0 Å². The number of aromatic nitrogens is 1. The number of esters is 1. The first-order chi connectivity index (χ1) is 18.5. The molecule has 0 saturated heterocycles. The Bertz CT molecular complexity index is 1690. The van der Waals surface area contributed by atoms with Crippen molar-refractivity contribution in [1.82, 2.24) is 4.57 Å². The Morgan fingerprint density at radius 3 is 2.50 bits per heavy atom. The summed E-state index contributed by atoms with van der Waals surface area (Å²) in [6.45, 7) is 4.00. The maximum Gasteiger partial charge on any atom is 0.338 e. The van der Waals surface area contributed by atoms with Crippen LogP contribution in [-0.2, 0) is 16.1 Å². The quantitative estimate of drug-likeness (QED) is 0.331. The summed E-state index contributed by atoms with van der Waals surface area (Å²) in [7, 11) is 0. The lowest BCUT2D eigenvalue weighted by Gasteiger charge is -2.24. The van der Waals surface area contributed by atoms with Crippen LogP contribution in [0.5, 0.6) is 5.75 Å². The highest BCUT2D eigenvalue weighted by Gasteiger charge is 2.33. The van der Waals surface area contributed by atoms with Crippen molar-refractivity contribution in [2.45, 2.75) is 26.5 Å². The second-order valence-corrected chi connectivity index (χ2v) is 9.68. The van der Waals surface area contributed by atoms with Crippen LogP contribution in [0.4, 0.5) is 4.39 Å². The van der Waals surface area contributed by atoms with Crippen LogP contribution in [0.3, 0.4) is 0 Å². The van der Waals surface area contributed by atoms with Gasteiger partial charge in [-0.05, 0) is 49.2 Å². The van der Waals surface area contributed by atoms with E-state index in [0.717, 1.165) is 11.1 Å². The van der Waals surface area contributed by atoms with Gasteiger partial charge in [-0.1, -0.05) is 72.0 Å². The van der Waals surface area contributed by atoms with Crippen LogP contribution in [0.2, 0.25) is 0 Å². The third-order valence-electron chi connectivity index (χ3n) is 6.15. The lowest BCUT2D eigenvalue weighted by atomic mass is 9.96. The average Bonchev–Trinajstić information content (AvgIpc) is 3.22. The number of nitrogens with zero attached hydrogens (tertiary/aromatic N) is 2. The van der Waals surface area contributed by atoms with E-state index in [0.29, 0.717) is 33.0 Å². The zero-order valence-corrected chi connectivity index (χ0v) is 21.7. The van der Waals surface area contributed by atoms with Crippen molar-refractivity contribution in [3.8, 4) is 5.75 Å². The zero-order chi connectivity index (χ0) is 26.6. The second-order valence-electron chi connectivity index (χ2n) is 8.67. The van der Waals surface area contributed by atoms with E-state index in [1.54, 1.807) is 32.1 Å². The molecule has 1 aliphatic heterocycles. The van der Waals surface area contributed by atoms with Crippen molar-refractivity contribution < 1.29 is 18.7 Å². The standard InChI is InChI=1S/C30H25FN2O4S/c1-3-36-29(35)26-19(2)32-30-33(27(26)21-13-15-23(31)16-14-21)28(34)25(38-30)17-22-11-7-8-12-24(22)37-18-20-9-5-4-6-10-20/h4-17,27H,3,18H2,1-2H3/b25-17+. The predicted octanol–water partition coefficient (Wildman–Crippen LogP) is 4.52. The number of fused-ring (bicyclic) bond motifs is 1.